The number of hydrogen-bond acceptors (Lipinski definition) is 5. The van der Waals surface area contributed by atoms with Gasteiger partial charge in [0.25, 0.3) is 5.91 Å². The number of fused-ring (bicyclic) bond motifs is 1. The number of amides is 1. The molecule has 0 atom stereocenters. The Bertz CT molecular complexity index is 933. The lowest BCUT2D eigenvalue weighted by Crippen LogP contribution is -2.32. The summed E-state index contributed by atoms with van der Waals surface area (Å²) < 4.78 is 11.1. The first-order valence-electron chi connectivity index (χ1n) is 8.42. The second-order valence-corrected chi connectivity index (χ2v) is 6.05. The maximum absolute atomic E-state index is 12.5. The fourth-order valence-electron chi connectivity index (χ4n) is 2.58. The van der Waals surface area contributed by atoms with E-state index in [0.717, 1.165) is 16.5 Å². The largest absolute Gasteiger partial charge is 0.484 e. The average molecular weight is 351 g/mol. The highest BCUT2D eigenvalue weighted by Crippen LogP contribution is 2.20. The fourth-order valence-corrected chi connectivity index (χ4v) is 2.58. The lowest BCUT2D eigenvalue weighted by Gasteiger charge is -2.19. The topological polar surface area (TPSA) is 68.5 Å². The van der Waals surface area contributed by atoms with E-state index in [4.69, 9.17) is 9.15 Å². The molecule has 1 amide bonds. The molecule has 0 fully saturated rings. The van der Waals surface area contributed by atoms with Gasteiger partial charge in [0.1, 0.15) is 12.0 Å². The SMILES string of the molecule is C=C(C)CN(CC)C(=O)c1coc(COc2ccc3ncccc3c2)n1. The molecule has 0 saturated heterocycles. The van der Waals surface area contributed by atoms with E-state index in [1.165, 1.54) is 6.26 Å². The van der Waals surface area contributed by atoms with Crippen LogP contribution in [0.4, 0.5) is 0 Å². The van der Waals surface area contributed by atoms with E-state index in [9.17, 15) is 4.79 Å². The Kier molecular flexibility index (Phi) is 5.31. The van der Waals surface area contributed by atoms with Crippen molar-refractivity contribution >= 4 is 16.8 Å². The summed E-state index contributed by atoms with van der Waals surface area (Å²) in [5, 5.41) is 0.992. The van der Waals surface area contributed by atoms with Crippen LogP contribution in [0.1, 0.15) is 30.2 Å². The number of carbonyl (C=O) groups is 1. The van der Waals surface area contributed by atoms with Gasteiger partial charge >= 0.3 is 0 Å². The number of carbonyl (C=O) groups excluding carboxylic acids is 1. The predicted octanol–water partition coefficient (Wildman–Crippen LogP) is 3.84. The summed E-state index contributed by atoms with van der Waals surface area (Å²) in [6.45, 7) is 8.87. The Morgan fingerprint density at radius 3 is 2.96 bits per heavy atom. The number of hydrogen-bond donors (Lipinski definition) is 0. The first kappa shape index (κ1) is 17.7. The van der Waals surface area contributed by atoms with Gasteiger partial charge in [0.05, 0.1) is 5.52 Å². The van der Waals surface area contributed by atoms with Crippen molar-refractivity contribution in [2.75, 3.05) is 13.1 Å². The van der Waals surface area contributed by atoms with E-state index in [1.807, 2.05) is 44.2 Å². The zero-order valence-corrected chi connectivity index (χ0v) is 14.9. The summed E-state index contributed by atoms with van der Waals surface area (Å²) in [7, 11) is 0. The monoisotopic (exact) mass is 351 g/mol. The molecule has 0 spiro atoms. The van der Waals surface area contributed by atoms with E-state index in [0.29, 0.717) is 24.7 Å². The van der Waals surface area contributed by atoms with Gasteiger partial charge in [0.2, 0.25) is 5.89 Å². The molecule has 0 aliphatic heterocycles. The van der Waals surface area contributed by atoms with Gasteiger partial charge in [-0.2, -0.15) is 0 Å². The highest BCUT2D eigenvalue weighted by atomic mass is 16.5. The quantitative estimate of drug-likeness (QED) is 0.605. The summed E-state index contributed by atoms with van der Waals surface area (Å²) in [5.41, 5.74) is 2.09. The van der Waals surface area contributed by atoms with Gasteiger partial charge in [-0.25, -0.2) is 4.98 Å². The molecule has 26 heavy (non-hydrogen) atoms. The van der Waals surface area contributed by atoms with E-state index >= 15 is 0 Å². The van der Waals surface area contributed by atoms with Gasteiger partial charge in [0.15, 0.2) is 12.3 Å². The summed E-state index contributed by atoms with van der Waals surface area (Å²) >= 11 is 0. The van der Waals surface area contributed by atoms with Gasteiger partial charge in [-0.1, -0.05) is 18.2 Å². The van der Waals surface area contributed by atoms with Crippen molar-refractivity contribution in [3.8, 4) is 5.75 Å². The van der Waals surface area contributed by atoms with Crippen LogP contribution in [0.25, 0.3) is 10.9 Å². The molecule has 6 nitrogen and oxygen atoms in total. The van der Waals surface area contributed by atoms with Gasteiger partial charge < -0.3 is 14.1 Å². The first-order chi connectivity index (χ1) is 12.6. The summed E-state index contributed by atoms with van der Waals surface area (Å²) in [6, 6.07) is 9.49. The Labute approximate surface area is 152 Å². The molecule has 134 valence electrons. The lowest BCUT2D eigenvalue weighted by molar-refractivity contribution is 0.0772. The minimum Gasteiger partial charge on any atom is -0.484 e. The number of benzene rings is 1. The third-order valence-electron chi connectivity index (χ3n) is 3.84. The third-order valence-corrected chi connectivity index (χ3v) is 3.84. The number of oxazole rings is 1. The highest BCUT2D eigenvalue weighted by Gasteiger charge is 2.18. The normalized spacial score (nSPS) is 10.7. The molecule has 0 aliphatic carbocycles. The Morgan fingerprint density at radius 1 is 1.35 bits per heavy atom. The minimum absolute atomic E-state index is 0.145. The molecule has 0 saturated carbocycles. The number of pyridine rings is 1. The fraction of sp³-hybridized carbons (Fsp3) is 0.250. The van der Waals surface area contributed by atoms with E-state index in [1.54, 1.807) is 11.1 Å². The van der Waals surface area contributed by atoms with Crippen molar-refractivity contribution in [3.05, 3.63) is 66.5 Å². The number of ether oxygens (including phenoxy) is 1. The average Bonchev–Trinajstić information content (AvgIpc) is 3.12. The molecule has 0 aliphatic rings. The second-order valence-electron chi connectivity index (χ2n) is 6.05. The second kappa shape index (κ2) is 7.82. The highest BCUT2D eigenvalue weighted by molar-refractivity contribution is 5.92. The maximum atomic E-state index is 12.5. The molecule has 0 bridgehead atoms. The third kappa shape index (κ3) is 4.08. The van der Waals surface area contributed by atoms with Gasteiger partial charge in [-0.05, 0) is 38.1 Å². The molecule has 2 heterocycles. The smallest absolute Gasteiger partial charge is 0.276 e. The Hall–Kier alpha value is -3.15. The predicted molar refractivity (Wildman–Crippen MR) is 99.0 cm³/mol. The van der Waals surface area contributed by atoms with Crippen LogP contribution in [0.5, 0.6) is 5.75 Å². The van der Waals surface area contributed by atoms with E-state index in [-0.39, 0.29) is 18.2 Å². The van der Waals surface area contributed by atoms with Gasteiger partial charge in [-0.15, -0.1) is 0 Å². The van der Waals surface area contributed by atoms with Gasteiger partial charge in [-0.3, -0.25) is 9.78 Å². The van der Waals surface area contributed by atoms with Crippen LogP contribution in [0.15, 0.2) is 59.4 Å². The Morgan fingerprint density at radius 2 is 2.19 bits per heavy atom. The molecule has 3 aromatic rings. The van der Waals surface area contributed by atoms with Crippen LogP contribution in [0.3, 0.4) is 0 Å². The summed E-state index contributed by atoms with van der Waals surface area (Å²) in [5.74, 6) is 0.863. The van der Waals surface area contributed by atoms with Crippen molar-refractivity contribution in [2.45, 2.75) is 20.5 Å². The lowest BCUT2D eigenvalue weighted by atomic mass is 10.2. The first-order valence-corrected chi connectivity index (χ1v) is 8.42. The number of aromatic nitrogens is 2. The molecule has 1 aromatic carbocycles. The van der Waals surface area contributed by atoms with Crippen LogP contribution in [0.2, 0.25) is 0 Å². The van der Waals surface area contributed by atoms with Crippen molar-refractivity contribution < 1.29 is 13.9 Å². The minimum atomic E-state index is -0.178. The molecule has 0 radical (unpaired) electrons. The van der Waals surface area contributed by atoms with Crippen LogP contribution in [-0.4, -0.2) is 33.9 Å². The number of nitrogens with zero attached hydrogens (tertiary/aromatic N) is 3. The number of likely N-dealkylation sites (N-methyl/N-ethyl adjacent to an activating group) is 1. The zero-order chi connectivity index (χ0) is 18.5. The number of rotatable bonds is 7. The van der Waals surface area contributed by atoms with Crippen molar-refractivity contribution in [2.24, 2.45) is 0 Å². The molecular formula is C20H21N3O3. The van der Waals surface area contributed by atoms with Crippen molar-refractivity contribution in [3.63, 3.8) is 0 Å². The summed E-state index contributed by atoms with van der Waals surface area (Å²) in [4.78, 5) is 22.6. The maximum Gasteiger partial charge on any atom is 0.276 e. The van der Waals surface area contributed by atoms with E-state index < -0.39 is 0 Å². The van der Waals surface area contributed by atoms with Crippen LogP contribution >= 0.6 is 0 Å². The zero-order valence-electron chi connectivity index (χ0n) is 14.9. The van der Waals surface area contributed by atoms with Crippen LogP contribution in [0, 0.1) is 0 Å². The van der Waals surface area contributed by atoms with Gasteiger partial charge in [0, 0.05) is 24.7 Å². The van der Waals surface area contributed by atoms with Crippen molar-refractivity contribution in [1.29, 1.82) is 0 Å². The van der Waals surface area contributed by atoms with E-state index in [2.05, 4.69) is 16.5 Å². The Balaban J connectivity index is 1.65. The molecular weight excluding hydrogens is 330 g/mol. The molecule has 2 aromatic heterocycles. The van der Waals surface area contributed by atoms with Crippen LogP contribution < -0.4 is 4.74 Å². The molecule has 0 N–H and O–H groups in total. The van der Waals surface area contributed by atoms with Crippen molar-refractivity contribution in [1.82, 2.24) is 14.9 Å². The summed E-state index contributed by atoms with van der Waals surface area (Å²) in [6.07, 6.45) is 3.12. The standard InChI is InChI=1S/C20H21N3O3/c1-4-23(11-14(2)3)20(24)18-12-26-19(22-18)13-25-16-7-8-17-15(10-16)6-5-9-21-17/h5-10,12H,2,4,11,13H2,1,3H3. The van der Waals surface area contributed by atoms with Crippen LogP contribution in [-0.2, 0) is 6.61 Å². The molecule has 6 heteroatoms. The molecule has 0 unspecified atom stereocenters. The molecule has 3 rings (SSSR count).